The van der Waals surface area contributed by atoms with Crippen molar-refractivity contribution in [3.8, 4) is 6.07 Å². The van der Waals surface area contributed by atoms with Gasteiger partial charge in [-0.2, -0.15) is 18.4 Å². The Morgan fingerprint density at radius 2 is 2.17 bits per heavy atom. The van der Waals surface area contributed by atoms with Gasteiger partial charge in [-0.25, -0.2) is 4.68 Å². The number of alkyl halides is 3. The Balaban J connectivity index is 3.02. The van der Waals surface area contributed by atoms with Crippen molar-refractivity contribution in [3.05, 3.63) is 11.4 Å². The number of ether oxygens (including phenoxy) is 1. The molecule has 5 nitrogen and oxygen atoms in total. The molecular formula is C10H13F3N4O. The van der Waals surface area contributed by atoms with E-state index >= 15 is 0 Å². The van der Waals surface area contributed by atoms with Crippen LogP contribution in [0, 0.1) is 17.2 Å². The Morgan fingerprint density at radius 3 is 2.67 bits per heavy atom. The molecule has 0 amide bonds. The van der Waals surface area contributed by atoms with Crippen molar-refractivity contribution in [2.24, 2.45) is 5.92 Å². The molecular weight excluding hydrogens is 249 g/mol. The van der Waals surface area contributed by atoms with E-state index in [9.17, 15) is 13.2 Å². The van der Waals surface area contributed by atoms with Crippen molar-refractivity contribution in [1.82, 2.24) is 15.0 Å². The molecule has 0 aliphatic heterocycles. The standard InChI is InChI=1S/C10H13F3N4O/c1-7(6-18-2)5-17-9(10(11,12)13)8(3-4-14)15-16-17/h7H,3,5-6H2,1-2H3. The molecule has 0 bridgehead atoms. The van der Waals surface area contributed by atoms with Gasteiger partial charge in [0.2, 0.25) is 0 Å². The molecule has 1 atom stereocenters. The molecule has 18 heavy (non-hydrogen) atoms. The fourth-order valence-corrected chi connectivity index (χ4v) is 1.61. The number of aromatic nitrogens is 3. The molecule has 100 valence electrons. The van der Waals surface area contributed by atoms with Gasteiger partial charge < -0.3 is 4.74 Å². The van der Waals surface area contributed by atoms with Crippen LogP contribution in [-0.2, 0) is 23.9 Å². The summed E-state index contributed by atoms with van der Waals surface area (Å²) in [6.07, 6.45) is -4.98. The lowest BCUT2D eigenvalue weighted by molar-refractivity contribution is -0.145. The lowest BCUT2D eigenvalue weighted by Gasteiger charge is -2.14. The summed E-state index contributed by atoms with van der Waals surface area (Å²) in [5, 5.41) is 15.3. The first kappa shape index (κ1) is 14.4. The molecule has 0 saturated heterocycles. The molecule has 0 aromatic carbocycles. The highest BCUT2D eigenvalue weighted by Crippen LogP contribution is 2.31. The highest BCUT2D eigenvalue weighted by molar-refractivity contribution is 5.17. The highest BCUT2D eigenvalue weighted by atomic mass is 19.4. The van der Waals surface area contributed by atoms with Crippen molar-refractivity contribution in [2.75, 3.05) is 13.7 Å². The number of methoxy groups -OCH3 is 1. The number of hydrogen-bond acceptors (Lipinski definition) is 4. The number of nitriles is 1. The van der Waals surface area contributed by atoms with Gasteiger partial charge in [0.15, 0.2) is 5.69 Å². The summed E-state index contributed by atoms with van der Waals surface area (Å²) in [7, 11) is 1.48. The second-order valence-corrected chi connectivity index (χ2v) is 3.96. The zero-order valence-electron chi connectivity index (χ0n) is 10.0. The Kier molecular flexibility index (Phi) is 4.67. The van der Waals surface area contributed by atoms with Crippen molar-refractivity contribution in [3.63, 3.8) is 0 Å². The largest absolute Gasteiger partial charge is 0.434 e. The predicted molar refractivity (Wildman–Crippen MR) is 55.4 cm³/mol. The molecule has 0 N–H and O–H groups in total. The molecule has 1 unspecified atom stereocenters. The van der Waals surface area contributed by atoms with Crippen LogP contribution in [0.1, 0.15) is 18.3 Å². The van der Waals surface area contributed by atoms with Crippen LogP contribution >= 0.6 is 0 Å². The minimum absolute atomic E-state index is 0.0428. The van der Waals surface area contributed by atoms with Crippen LogP contribution in [0.2, 0.25) is 0 Å². The van der Waals surface area contributed by atoms with Gasteiger partial charge in [-0.3, -0.25) is 0 Å². The minimum atomic E-state index is -4.57. The maximum atomic E-state index is 12.9. The molecule has 1 aromatic heterocycles. The smallest absolute Gasteiger partial charge is 0.384 e. The molecule has 0 aliphatic carbocycles. The number of nitrogens with zero attached hydrogens (tertiary/aromatic N) is 4. The maximum absolute atomic E-state index is 12.9. The SMILES string of the molecule is COCC(C)Cn1nnc(CC#N)c1C(F)(F)F. The lowest BCUT2D eigenvalue weighted by atomic mass is 10.2. The molecule has 1 heterocycles. The fourth-order valence-electron chi connectivity index (χ4n) is 1.61. The van der Waals surface area contributed by atoms with Crippen LogP contribution in [0.25, 0.3) is 0 Å². The Hall–Kier alpha value is -1.62. The van der Waals surface area contributed by atoms with Crippen LogP contribution in [0.5, 0.6) is 0 Å². The molecule has 0 aliphatic rings. The second-order valence-electron chi connectivity index (χ2n) is 3.96. The summed E-state index contributed by atoms with van der Waals surface area (Å²) in [5.74, 6) is -0.132. The average Bonchev–Trinajstić information content (AvgIpc) is 2.61. The Labute approximate surface area is 102 Å². The van der Waals surface area contributed by atoms with Gasteiger partial charge in [0, 0.05) is 13.7 Å². The van der Waals surface area contributed by atoms with E-state index in [-0.39, 0.29) is 18.2 Å². The zero-order chi connectivity index (χ0) is 13.8. The van der Waals surface area contributed by atoms with Crippen molar-refractivity contribution < 1.29 is 17.9 Å². The first-order valence-electron chi connectivity index (χ1n) is 5.25. The van der Waals surface area contributed by atoms with E-state index in [1.807, 2.05) is 0 Å². The molecule has 8 heteroatoms. The van der Waals surface area contributed by atoms with Gasteiger partial charge in [0.05, 0.1) is 19.1 Å². The molecule has 1 aromatic rings. The van der Waals surface area contributed by atoms with E-state index in [4.69, 9.17) is 10.00 Å². The molecule has 0 fully saturated rings. The summed E-state index contributed by atoms with van der Waals surface area (Å²) in [4.78, 5) is 0. The van der Waals surface area contributed by atoms with Crippen molar-refractivity contribution in [2.45, 2.75) is 26.1 Å². The first-order chi connectivity index (χ1) is 8.40. The fraction of sp³-hybridized carbons (Fsp3) is 0.700. The summed E-state index contributed by atoms with van der Waals surface area (Å²) >= 11 is 0. The third-order valence-electron chi connectivity index (χ3n) is 2.26. The normalized spacial score (nSPS) is 13.3. The van der Waals surface area contributed by atoms with Gasteiger partial charge in [0.25, 0.3) is 0 Å². The lowest BCUT2D eigenvalue weighted by Crippen LogP contribution is -2.21. The summed E-state index contributed by atoms with van der Waals surface area (Å²) < 4.78 is 44.2. The zero-order valence-corrected chi connectivity index (χ0v) is 10.0. The monoisotopic (exact) mass is 262 g/mol. The summed E-state index contributed by atoms with van der Waals surface area (Å²) in [6, 6.07) is 1.65. The predicted octanol–water partition coefficient (Wildman–Crippen LogP) is 1.65. The van der Waals surface area contributed by atoms with E-state index in [1.165, 1.54) is 7.11 Å². The van der Waals surface area contributed by atoms with Crippen LogP contribution in [0.3, 0.4) is 0 Å². The Morgan fingerprint density at radius 1 is 1.50 bits per heavy atom. The van der Waals surface area contributed by atoms with Crippen LogP contribution < -0.4 is 0 Å². The molecule has 0 radical (unpaired) electrons. The van der Waals surface area contributed by atoms with Gasteiger partial charge in [-0.15, -0.1) is 5.10 Å². The van der Waals surface area contributed by atoms with Crippen LogP contribution in [0.15, 0.2) is 0 Å². The number of halogens is 3. The van der Waals surface area contributed by atoms with Crippen LogP contribution in [0.4, 0.5) is 13.2 Å². The second kappa shape index (κ2) is 5.82. The van der Waals surface area contributed by atoms with E-state index in [0.29, 0.717) is 6.61 Å². The number of rotatable bonds is 5. The first-order valence-corrected chi connectivity index (χ1v) is 5.25. The molecule has 1 rings (SSSR count). The minimum Gasteiger partial charge on any atom is -0.384 e. The molecule has 0 saturated carbocycles. The van der Waals surface area contributed by atoms with Crippen molar-refractivity contribution >= 4 is 0 Å². The van der Waals surface area contributed by atoms with E-state index in [0.717, 1.165) is 4.68 Å². The van der Waals surface area contributed by atoms with Gasteiger partial charge in [-0.05, 0) is 5.92 Å². The third-order valence-corrected chi connectivity index (χ3v) is 2.26. The van der Waals surface area contributed by atoms with Gasteiger partial charge in [0.1, 0.15) is 5.69 Å². The summed E-state index contributed by atoms with van der Waals surface area (Å²) in [6.45, 7) is 2.11. The summed E-state index contributed by atoms with van der Waals surface area (Å²) in [5.41, 5.74) is -1.29. The Bertz CT molecular complexity index is 435. The quantitative estimate of drug-likeness (QED) is 0.809. The van der Waals surface area contributed by atoms with Crippen molar-refractivity contribution in [1.29, 1.82) is 5.26 Å². The van der Waals surface area contributed by atoms with E-state index < -0.39 is 18.3 Å². The highest BCUT2D eigenvalue weighted by Gasteiger charge is 2.39. The maximum Gasteiger partial charge on any atom is 0.434 e. The average molecular weight is 262 g/mol. The third kappa shape index (κ3) is 3.43. The van der Waals surface area contributed by atoms with Gasteiger partial charge >= 0.3 is 6.18 Å². The number of hydrogen-bond donors (Lipinski definition) is 0. The van der Waals surface area contributed by atoms with E-state index in [1.54, 1.807) is 13.0 Å². The van der Waals surface area contributed by atoms with Gasteiger partial charge in [-0.1, -0.05) is 12.1 Å². The molecule has 0 spiro atoms. The topological polar surface area (TPSA) is 63.7 Å². The van der Waals surface area contributed by atoms with Crippen LogP contribution in [-0.4, -0.2) is 28.7 Å². The van der Waals surface area contributed by atoms with E-state index in [2.05, 4.69) is 10.3 Å².